The van der Waals surface area contributed by atoms with Gasteiger partial charge < -0.3 is 15.0 Å². The number of aromatic nitrogens is 1. The Morgan fingerprint density at radius 3 is 2.62 bits per heavy atom. The van der Waals surface area contributed by atoms with Crippen molar-refractivity contribution < 1.29 is 4.74 Å². The number of rotatable bonds is 3. The fraction of sp³-hybridized carbons (Fsp3) is 0.583. The van der Waals surface area contributed by atoms with Crippen LogP contribution in [0.3, 0.4) is 0 Å². The maximum Gasteiger partial charge on any atom is 0.128 e. The minimum Gasteiger partial charge on any atom is -0.377 e. The minimum absolute atomic E-state index is 0.472. The topological polar surface area (TPSA) is 37.4 Å². The SMILES string of the molecule is c1cc(N2CCCC2)ncc1NC1COC1. The van der Waals surface area contributed by atoms with E-state index in [2.05, 4.69) is 27.3 Å². The summed E-state index contributed by atoms with van der Waals surface area (Å²) in [5, 5.41) is 3.39. The van der Waals surface area contributed by atoms with Crippen LogP contribution >= 0.6 is 0 Å². The first-order valence-electron chi connectivity index (χ1n) is 5.97. The van der Waals surface area contributed by atoms with E-state index in [-0.39, 0.29) is 0 Å². The lowest BCUT2D eigenvalue weighted by Crippen LogP contribution is -2.40. The van der Waals surface area contributed by atoms with Crippen LogP contribution in [0.5, 0.6) is 0 Å². The third-order valence-electron chi connectivity index (χ3n) is 3.19. The second kappa shape index (κ2) is 4.29. The predicted molar refractivity (Wildman–Crippen MR) is 63.9 cm³/mol. The summed E-state index contributed by atoms with van der Waals surface area (Å²) in [4.78, 5) is 6.84. The van der Waals surface area contributed by atoms with Crippen molar-refractivity contribution in [1.29, 1.82) is 0 Å². The zero-order valence-corrected chi connectivity index (χ0v) is 9.35. The Morgan fingerprint density at radius 2 is 2.06 bits per heavy atom. The summed E-state index contributed by atoms with van der Waals surface area (Å²) in [6.45, 7) is 3.92. The van der Waals surface area contributed by atoms with Gasteiger partial charge in [-0.25, -0.2) is 4.98 Å². The number of pyridine rings is 1. The summed E-state index contributed by atoms with van der Waals surface area (Å²) in [6, 6.07) is 4.69. The molecule has 0 unspecified atom stereocenters. The van der Waals surface area contributed by atoms with Gasteiger partial charge in [-0.05, 0) is 25.0 Å². The van der Waals surface area contributed by atoms with Gasteiger partial charge in [-0.15, -0.1) is 0 Å². The Kier molecular flexibility index (Phi) is 2.66. The Balaban J connectivity index is 1.64. The van der Waals surface area contributed by atoms with Crippen LogP contribution in [-0.2, 0) is 4.74 Å². The molecule has 1 aromatic heterocycles. The van der Waals surface area contributed by atoms with E-state index in [0.29, 0.717) is 6.04 Å². The highest BCUT2D eigenvalue weighted by Gasteiger charge is 2.18. The van der Waals surface area contributed by atoms with E-state index >= 15 is 0 Å². The molecule has 4 heteroatoms. The third-order valence-corrected chi connectivity index (χ3v) is 3.19. The van der Waals surface area contributed by atoms with E-state index in [1.54, 1.807) is 0 Å². The smallest absolute Gasteiger partial charge is 0.128 e. The van der Waals surface area contributed by atoms with Crippen LogP contribution < -0.4 is 10.2 Å². The molecule has 3 heterocycles. The van der Waals surface area contributed by atoms with Crippen molar-refractivity contribution in [2.75, 3.05) is 36.5 Å². The van der Waals surface area contributed by atoms with Gasteiger partial charge in [0.25, 0.3) is 0 Å². The summed E-state index contributed by atoms with van der Waals surface area (Å²) >= 11 is 0. The van der Waals surface area contributed by atoms with Crippen LogP contribution in [0, 0.1) is 0 Å². The Morgan fingerprint density at radius 1 is 1.25 bits per heavy atom. The summed E-state index contributed by atoms with van der Waals surface area (Å²) in [6.07, 6.45) is 4.51. The van der Waals surface area contributed by atoms with Crippen molar-refractivity contribution in [2.24, 2.45) is 0 Å². The van der Waals surface area contributed by atoms with Crippen molar-refractivity contribution in [3.63, 3.8) is 0 Å². The van der Waals surface area contributed by atoms with Gasteiger partial charge in [-0.3, -0.25) is 0 Å². The number of anilines is 2. The number of nitrogens with one attached hydrogen (secondary N) is 1. The highest BCUT2D eigenvalue weighted by atomic mass is 16.5. The van der Waals surface area contributed by atoms with E-state index < -0.39 is 0 Å². The largest absolute Gasteiger partial charge is 0.377 e. The molecule has 0 atom stereocenters. The van der Waals surface area contributed by atoms with Gasteiger partial charge in [0.2, 0.25) is 0 Å². The molecular formula is C12H17N3O. The highest BCUT2D eigenvalue weighted by molar-refractivity contribution is 5.49. The summed E-state index contributed by atoms with van der Waals surface area (Å²) in [7, 11) is 0. The maximum atomic E-state index is 5.12. The maximum absolute atomic E-state index is 5.12. The Hall–Kier alpha value is -1.29. The fourth-order valence-electron chi connectivity index (χ4n) is 2.16. The van der Waals surface area contributed by atoms with Gasteiger partial charge in [0.05, 0.1) is 31.1 Å². The molecule has 86 valence electrons. The van der Waals surface area contributed by atoms with Crippen molar-refractivity contribution >= 4 is 11.5 Å². The van der Waals surface area contributed by atoms with E-state index in [4.69, 9.17) is 4.74 Å². The minimum atomic E-state index is 0.472. The Labute approximate surface area is 95.6 Å². The fourth-order valence-corrected chi connectivity index (χ4v) is 2.16. The molecule has 0 saturated carbocycles. The van der Waals surface area contributed by atoms with Crippen molar-refractivity contribution in [2.45, 2.75) is 18.9 Å². The van der Waals surface area contributed by atoms with Gasteiger partial charge in [0.15, 0.2) is 0 Å². The van der Waals surface area contributed by atoms with Gasteiger partial charge in [0, 0.05) is 13.1 Å². The van der Waals surface area contributed by atoms with E-state index in [9.17, 15) is 0 Å². The molecule has 0 amide bonds. The predicted octanol–water partition coefficient (Wildman–Crippen LogP) is 1.49. The zero-order chi connectivity index (χ0) is 10.8. The molecular weight excluding hydrogens is 202 g/mol. The van der Waals surface area contributed by atoms with Gasteiger partial charge in [-0.1, -0.05) is 0 Å². The van der Waals surface area contributed by atoms with E-state index in [1.807, 2.05) is 6.20 Å². The molecule has 0 aromatic carbocycles. The number of ether oxygens (including phenoxy) is 1. The average Bonchev–Trinajstić information content (AvgIpc) is 2.78. The zero-order valence-electron chi connectivity index (χ0n) is 9.35. The lowest BCUT2D eigenvalue weighted by atomic mass is 10.2. The van der Waals surface area contributed by atoms with Gasteiger partial charge in [-0.2, -0.15) is 0 Å². The van der Waals surface area contributed by atoms with Crippen molar-refractivity contribution in [3.8, 4) is 0 Å². The van der Waals surface area contributed by atoms with Gasteiger partial charge in [0.1, 0.15) is 5.82 Å². The first kappa shape index (κ1) is 9.90. The van der Waals surface area contributed by atoms with Crippen LogP contribution in [0.4, 0.5) is 11.5 Å². The average molecular weight is 219 g/mol. The molecule has 1 aromatic rings. The summed E-state index contributed by atoms with van der Waals surface area (Å²) in [5.41, 5.74) is 1.09. The van der Waals surface area contributed by atoms with Crippen LogP contribution in [0.15, 0.2) is 18.3 Å². The van der Waals surface area contributed by atoms with E-state index in [1.165, 1.54) is 12.8 Å². The molecule has 0 radical (unpaired) electrons. The summed E-state index contributed by atoms with van der Waals surface area (Å²) < 4.78 is 5.12. The molecule has 2 saturated heterocycles. The van der Waals surface area contributed by atoms with Gasteiger partial charge >= 0.3 is 0 Å². The molecule has 2 fully saturated rings. The molecule has 0 spiro atoms. The van der Waals surface area contributed by atoms with Crippen molar-refractivity contribution in [1.82, 2.24) is 4.98 Å². The molecule has 2 aliphatic heterocycles. The number of hydrogen-bond donors (Lipinski definition) is 1. The molecule has 0 bridgehead atoms. The normalized spacial score (nSPS) is 20.9. The second-order valence-electron chi connectivity index (χ2n) is 4.48. The number of hydrogen-bond acceptors (Lipinski definition) is 4. The van der Waals surface area contributed by atoms with Crippen LogP contribution in [0.2, 0.25) is 0 Å². The van der Waals surface area contributed by atoms with Crippen molar-refractivity contribution in [3.05, 3.63) is 18.3 Å². The molecule has 4 nitrogen and oxygen atoms in total. The van der Waals surface area contributed by atoms with Crippen LogP contribution in [-0.4, -0.2) is 37.3 Å². The highest BCUT2D eigenvalue weighted by Crippen LogP contribution is 2.19. The Bertz CT molecular complexity index is 342. The quantitative estimate of drug-likeness (QED) is 0.836. The molecule has 1 N–H and O–H groups in total. The van der Waals surface area contributed by atoms with Crippen LogP contribution in [0.25, 0.3) is 0 Å². The standard InChI is InChI=1S/C12H17N3O/c1-2-6-15(5-1)12-4-3-10(7-13-12)14-11-8-16-9-11/h3-4,7,11,14H,1-2,5-6,8-9H2. The number of nitrogens with zero attached hydrogens (tertiary/aromatic N) is 2. The van der Waals surface area contributed by atoms with E-state index in [0.717, 1.165) is 37.8 Å². The monoisotopic (exact) mass is 219 g/mol. The van der Waals surface area contributed by atoms with Crippen LogP contribution in [0.1, 0.15) is 12.8 Å². The molecule has 3 rings (SSSR count). The first-order chi connectivity index (χ1) is 7.92. The summed E-state index contributed by atoms with van der Waals surface area (Å²) in [5.74, 6) is 1.10. The first-order valence-corrected chi connectivity index (χ1v) is 5.97. The molecule has 16 heavy (non-hydrogen) atoms. The lowest BCUT2D eigenvalue weighted by molar-refractivity contribution is 0.0211. The molecule has 0 aliphatic carbocycles. The molecule has 2 aliphatic rings. The second-order valence-corrected chi connectivity index (χ2v) is 4.48. The lowest BCUT2D eigenvalue weighted by Gasteiger charge is -2.27. The third kappa shape index (κ3) is 1.97.